The van der Waals surface area contributed by atoms with E-state index in [9.17, 15) is 4.79 Å². The SMILES string of the molecule is CCOC(=O)C(C#N)=Cc1c(OC)nc2cc(C)ccn12. The first-order chi connectivity index (χ1) is 10.1. The van der Waals surface area contributed by atoms with Crippen molar-refractivity contribution in [3.05, 3.63) is 35.2 Å². The highest BCUT2D eigenvalue weighted by atomic mass is 16.5. The van der Waals surface area contributed by atoms with Crippen LogP contribution in [-0.4, -0.2) is 29.1 Å². The third-order valence-corrected chi connectivity index (χ3v) is 2.88. The molecule has 21 heavy (non-hydrogen) atoms. The number of nitrogens with zero attached hydrogens (tertiary/aromatic N) is 3. The van der Waals surface area contributed by atoms with Crippen molar-refractivity contribution in [3.8, 4) is 11.9 Å². The Balaban J connectivity index is 2.59. The Hall–Kier alpha value is -2.81. The number of carbonyl (C=O) groups excluding carboxylic acids is 1. The van der Waals surface area contributed by atoms with E-state index >= 15 is 0 Å². The molecule has 0 amide bonds. The molecular weight excluding hydrogens is 270 g/mol. The fraction of sp³-hybridized carbons (Fsp3) is 0.267. The van der Waals surface area contributed by atoms with Gasteiger partial charge in [-0.1, -0.05) is 0 Å². The summed E-state index contributed by atoms with van der Waals surface area (Å²) in [5, 5.41) is 9.11. The summed E-state index contributed by atoms with van der Waals surface area (Å²) in [7, 11) is 1.49. The average molecular weight is 285 g/mol. The first kappa shape index (κ1) is 14.6. The molecule has 2 aromatic rings. The largest absolute Gasteiger partial charge is 0.479 e. The number of imidazole rings is 1. The molecule has 0 atom stereocenters. The molecule has 0 fully saturated rings. The molecule has 0 aliphatic heterocycles. The molecule has 0 saturated carbocycles. The third kappa shape index (κ3) is 2.87. The van der Waals surface area contributed by atoms with Crippen LogP contribution < -0.4 is 4.74 Å². The van der Waals surface area contributed by atoms with E-state index in [4.69, 9.17) is 14.7 Å². The maximum absolute atomic E-state index is 11.7. The minimum absolute atomic E-state index is 0.0995. The Morgan fingerprint density at radius 3 is 2.95 bits per heavy atom. The summed E-state index contributed by atoms with van der Waals surface area (Å²) >= 11 is 0. The molecule has 6 nitrogen and oxygen atoms in total. The van der Waals surface area contributed by atoms with Crippen LogP contribution in [0.3, 0.4) is 0 Å². The van der Waals surface area contributed by atoms with Crippen LogP contribution in [0.25, 0.3) is 11.7 Å². The molecule has 0 radical (unpaired) electrons. The van der Waals surface area contributed by atoms with Crippen molar-refractivity contribution in [2.75, 3.05) is 13.7 Å². The van der Waals surface area contributed by atoms with Gasteiger partial charge >= 0.3 is 5.97 Å². The first-order valence-electron chi connectivity index (χ1n) is 6.42. The van der Waals surface area contributed by atoms with Gasteiger partial charge in [0.1, 0.15) is 23.0 Å². The number of pyridine rings is 1. The van der Waals surface area contributed by atoms with Crippen LogP contribution in [0.2, 0.25) is 0 Å². The van der Waals surface area contributed by atoms with Gasteiger partial charge in [-0.3, -0.25) is 4.40 Å². The quantitative estimate of drug-likeness (QED) is 0.488. The molecule has 0 spiro atoms. The number of methoxy groups -OCH3 is 1. The topological polar surface area (TPSA) is 76.6 Å². The lowest BCUT2D eigenvalue weighted by molar-refractivity contribution is -0.137. The molecule has 0 bridgehead atoms. The zero-order valence-corrected chi connectivity index (χ0v) is 12.1. The molecule has 0 unspecified atom stereocenters. The van der Waals surface area contributed by atoms with Crippen LogP contribution >= 0.6 is 0 Å². The maximum atomic E-state index is 11.7. The number of ether oxygens (including phenoxy) is 2. The van der Waals surface area contributed by atoms with Crippen LogP contribution in [0, 0.1) is 18.3 Å². The standard InChI is InChI=1S/C15H15N3O3/c1-4-21-15(19)11(9-16)8-12-14(20-3)17-13-7-10(2)5-6-18(12)13/h5-8H,4H2,1-3H3. The van der Waals surface area contributed by atoms with Gasteiger partial charge in [0.2, 0.25) is 5.88 Å². The van der Waals surface area contributed by atoms with E-state index in [1.54, 1.807) is 11.3 Å². The average Bonchev–Trinajstić information content (AvgIpc) is 2.81. The van der Waals surface area contributed by atoms with Gasteiger partial charge in [-0.2, -0.15) is 10.2 Å². The molecular formula is C15H15N3O3. The van der Waals surface area contributed by atoms with Crippen LogP contribution in [0.1, 0.15) is 18.2 Å². The maximum Gasteiger partial charge on any atom is 0.348 e. The number of hydrogen-bond donors (Lipinski definition) is 0. The molecule has 0 aliphatic rings. The number of esters is 1. The highest BCUT2D eigenvalue weighted by molar-refractivity contribution is 5.98. The number of fused-ring (bicyclic) bond motifs is 1. The molecule has 0 aromatic carbocycles. The zero-order valence-electron chi connectivity index (χ0n) is 12.1. The van der Waals surface area contributed by atoms with E-state index < -0.39 is 5.97 Å². The third-order valence-electron chi connectivity index (χ3n) is 2.88. The normalized spacial score (nSPS) is 11.2. The number of aromatic nitrogens is 2. The Kier molecular flexibility index (Phi) is 4.24. The lowest BCUT2D eigenvalue weighted by Gasteiger charge is -2.02. The van der Waals surface area contributed by atoms with Gasteiger partial charge in [-0.25, -0.2) is 4.79 Å². The summed E-state index contributed by atoms with van der Waals surface area (Å²) in [4.78, 5) is 16.0. The van der Waals surface area contributed by atoms with E-state index in [-0.39, 0.29) is 12.2 Å². The highest BCUT2D eigenvalue weighted by Gasteiger charge is 2.16. The summed E-state index contributed by atoms with van der Waals surface area (Å²) in [6.07, 6.45) is 3.23. The van der Waals surface area contributed by atoms with Gasteiger partial charge in [0.25, 0.3) is 0 Å². The molecule has 2 rings (SSSR count). The highest BCUT2D eigenvalue weighted by Crippen LogP contribution is 2.23. The lowest BCUT2D eigenvalue weighted by atomic mass is 10.2. The Bertz CT molecular complexity index is 753. The summed E-state index contributed by atoms with van der Waals surface area (Å²) in [5.74, 6) is -0.318. The van der Waals surface area contributed by atoms with Crippen LogP contribution in [0.4, 0.5) is 0 Å². The zero-order chi connectivity index (χ0) is 15.4. The summed E-state index contributed by atoms with van der Waals surface area (Å²) < 4.78 is 11.8. The second-order valence-corrected chi connectivity index (χ2v) is 4.33. The van der Waals surface area contributed by atoms with Crippen LogP contribution in [0.5, 0.6) is 5.88 Å². The van der Waals surface area contributed by atoms with Crippen LogP contribution in [0.15, 0.2) is 23.9 Å². The Labute approximate surface area is 122 Å². The lowest BCUT2D eigenvalue weighted by Crippen LogP contribution is -2.06. The van der Waals surface area contributed by atoms with E-state index in [0.29, 0.717) is 17.2 Å². The van der Waals surface area contributed by atoms with Crippen molar-refractivity contribution in [3.63, 3.8) is 0 Å². The number of aryl methyl sites for hydroxylation is 1. The van der Waals surface area contributed by atoms with Crippen molar-refractivity contribution >= 4 is 17.7 Å². The van der Waals surface area contributed by atoms with Crippen molar-refractivity contribution in [1.82, 2.24) is 9.38 Å². The molecule has 6 heteroatoms. The second-order valence-electron chi connectivity index (χ2n) is 4.33. The first-order valence-corrected chi connectivity index (χ1v) is 6.42. The molecule has 2 aromatic heterocycles. The monoisotopic (exact) mass is 285 g/mol. The molecule has 2 heterocycles. The van der Waals surface area contributed by atoms with Crippen molar-refractivity contribution < 1.29 is 14.3 Å². The summed E-state index contributed by atoms with van der Waals surface area (Å²) in [6.45, 7) is 3.85. The smallest absolute Gasteiger partial charge is 0.348 e. The summed E-state index contributed by atoms with van der Waals surface area (Å²) in [5.41, 5.74) is 2.16. The number of carbonyl (C=O) groups is 1. The fourth-order valence-corrected chi connectivity index (χ4v) is 1.91. The predicted octanol–water partition coefficient (Wildman–Crippen LogP) is 2.12. The molecule has 0 aliphatic carbocycles. The molecule has 0 N–H and O–H groups in total. The van der Waals surface area contributed by atoms with Crippen molar-refractivity contribution in [1.29, 1.82) is 5.26 Å². The molecule has 108 valence electrons. The number of rotatable bonds is 4. The minimum atomic E-state index is -0.663. The molecule has 0 saturated heterocycles. The van der Waals surface area contributed by atoms with Crippen molar-refractivity contribution in [2.24, 2.45) is 0 Å². The van der Waals surface area contributed by atoms with E-state index in [0.717, 1.165) is 5.56 Å². The summed E-state index contributed by atoms with van der Waals surface area (Å²) in [6, 6.07) is 5.63. The van der Waals surface area contributed by atoms with E-state index in [1.165, 1.54) is 13.2 Å². The number of hydrogen-bond acceptors (Lipinski definition) is 5. The van der Waals surface area contributed by atoms with Crippen LogP contribution in [-0.2, 0) is 9.53 Å². The van der Waals surface area contributed by atoms with Crippen molar-refractivity contribution in [2.45, 2.75) is 13.8 Å². The van der Waals surface area contributed by atoms with E-state index in [1.807, 2.05) is 31.3 Å². The van der Waals surface area contributed by atoms with Gasteiger partial charge in [0, 0.05) is 6.20 Å². The van der Waals surface area contributed by atoms with Gasteiger partial charge < -0.3 is 9.47 Å². The van der Waals surface area contributed by atoms with Gasteiger partial charge in [0.05, 0.1) is 13.7 Å². The number of nitriles is 1. The second kappa shape index (κ2) is 6.09. The fourth-order valence-electron chi connectivity index (χ4n) is 1.91. The minimum Gasteiger partial charge on any atom is -0.479 e. The predicted molar refractivity (Wildman–Crippen MR) is 76.7 cm³/mol. The Morgan fingerprint density at radius 2 is 2.33 bits per heavy atom. The Morgan fingerprint density at radius 1 is 1.57 bits per heavy atom. The van der Waals surface area contributed by atoms with Gasteiger partial charge in [-0.15, -0.1) is 0 Å². The van der Waals surface area contributed by atoms with Gasteiger partial charge in [-0.05, 0) is 37.6 Å². The van der Waals surface area contributed by atoms with E-state index in [2.05, 4.69) is 4.98 Å². The van der Waals surface area contributed by atoms with Gasteiger partial charge in [0.15, 0.2) is 0 Å².